The van der Waals surface area contributed by atoms with Gasteiger partial charge in [-0.25, -0.2) is 4.98 Å². The summed E-state index contributed by atoms with van der Waals surface area (Å²) in [6.45, 7) is 1.92. The zero-order valence-electron chi connectivity index (χ0n) is 11.8. The van der Waals surface area contributed by atoms with Crippen molar-refractivity contribution in [3.63, 3.8) is 0 Å². The molecule has 0 aliphatic carbocycles. The lowest BCUT2D eigenvalue weighted by Crippen LogP contribution is -2.18. The fraction of sp³-hybridized carbons (Fsp3) is 0.250. The monoisotopic (exact) mass is 283 g/mol. The van der Waals surface area contributed by atoms with Gasteiger partial charge in [0.1, 0.15) is 5.75 Å². The number of ether oxygens (including phenoxy) is 1. The van der Waals surface area contributed by atoms with Gasteiger partial charge in [0.25, 0.3) is 0 Å². The van der Waals surface area contributed by atoms with Crippen LogP contribution in [0.4, 0.5) is 5.69 Å². The van der Waals surface area contributed by atoms with E-state index in [-0.39, 0.29) is 11.9 Å². The van der Waals surface area contributed by atoms with Crippen LogP contribution in [-0.4, -0.2) is 10.9 Å². The Morgan fingerprint density at radius 2 is 2.14 bits per heavy atom. The molecule has 0 radical (unpaired) electrons. The number of amides is 1. The van der Waals surface area contributed by atoms with Crippen LogP contribution in [0.5, 0.6) is 11.6 Å². The van der Waals surface area contributed by atoms with Gasteiger partial charge in [0, 0.05) is 30.4 Å². The quantitative estimate of drug-likeness (QED) is 0.908. The van der Waals surface area contributed by atoms with Gasteiger partial charge in [-0.2, -0.15) is 0 Å². The number of anilines is 1. The molecule has 0 unspecified atom stereocenters. The van der Waals surface area contributed by atoms with Crippen LogP contribution in [0.2, 0.25) is 0 Å². The summed E-state index contributed by atoms with van der Waals surface area (Å²) in [5.74, 6) is 1.28. The lowest BCUT2D eigenvalue weighted by atomic mass is 10.0. The molecule has 0 bridgehead atoms. The first-order valence-electron chi connectivity index (χ1n) is 6.94. The highest BCUT2D eigenvalue weighted by Crippen LogP contribution is 2.29. The molecule has 1 aliphatic heterocycles. The molecule has 21 heavy (non-hydrogen) atoms. The van der Waals surface area contributed by atoms with E-state index in [0.29, 0.717) is 18.1 Å². The lowest BCUT2D eigenvalue weighted by molar-refractivity contribution is -0.116. The van der Waals surface area contributed by atoms with Crippen LogP contribution in [0.25, 0.3) is 0 Å². The fourth-order valence-electron chi connectivity index (χ4n) is 2.31. The number of carbonyl (C=O) groups excluding carboxylic acids is 1. The third kappa shape index (κ3) is 3.03. The van der Waals surface area contributed by atoms with Crippen molar-refractivity contribution in [1.29, 1.82) is 0 Å². The van der Waals surface area contributed by atoms with E-state index in [1.165, 1.54) is 0 Å². The largest absolute Gasteiger partial charge is 0.439 e. The summed E-state index contributed by atoms with van der Waals surface area (Å²) < 4.78 is 5.78. The number of benzene rings is 1. The number of hydrogen-bond donors (Lipinski definition) is 2. The second-order valence-electron chi connectivity index (χ2n) is 5.19. The summed E-state index contributed by atoms with van der Waals surface area (Å²) in [4.78, 5) is 15.5. The molecule has 0 fully saturated rings. The van der Waals surface area contributed by atoms with E-state index in [4.69, 9.17) is 10.5 Å². The Bertz CT molecular complexity index is 683. The number of aryl methyl sites for hydroxylation is 1. The zero-order chi connectivity index (χ0) is 14.8. The average molecular weight is 283 g/mol. The van der Waals surface area contributed by atoms with Gasteiger partial charge in [0.2, 0.25) is 11.8 Å². The topological polar surface area (TPSA) is 77.2 Å². The Kier molecular flexibility index (Phi) is 3.58. The fourth-order valence-corrected chi connectivity index (χ4v) is 2.31. The lowest BCUT2D eigenvalue weighted by Gasteiger charge is -2.17. The SMILES string of the molecule is C[C@H](N)c1ccnc(Oc2ccc3c(c2)CCC(=O)N3)c1. The molecular weight excluding hydrogens is 266 g/mol. The summed E-state index contributed by atoms with van der Waals surface area (Å²) in [6, 6.07) is 9.27. The first-order chi connectivity index (χ1) is 10.1. The minimum atomic E-state index is -0.0610. The van der Waals surface area contributed by atoms with Crippen LogP contribution in [0.15, 0.2) is 36.5 Å². The van der Waals surface area contributed by atoms with Gasteiger partial charge in [-0.05, 0) is 48.7 Å². The smallest absolute Gasteiger partial charge is 0.224 e. The molecule has 5 nitrogen and oxygen atoms in total. The molecule has 108 valence electrons. The van der Waals surface area contributed by atoms with Crippen molar-refractivity contribution in [2.45, 2.75) is 25.8 Å². The molecule has 1 aromatic heterocycles. The molecule has 0 saturated carbocycles. The molecule has 5 heteroatoms. The Labute approximate surface area is 123 Å². The van der Waals surface area contributed by atoms with Gasteiger partial charge >= 0.3 is 0 Å². The van der Waals surface area contributed by atoms with Crippen molar-refractivity contribution < 1.29 is 9.53 Å². The molecule has 2 aromatic rings. The second kappa shape index (κ2) is 5.54. The van der Waals surface area contributed by atoms with Crippen LogP contribution in [0, 0.1) is 0 Å². The van der Waals surface area contributed by atoms with E-state index < -0.39 is 0 Å². The maximum atomic E-state index is 11.3. The molecule has 0 saturated heterocycles. The standard InChI is InChI=1S/C16H17N3O2/c1-10(17)11-6-7-18-16(9-11)21-13-3-4-14-12(8-13)2-5-15(20)19-14/h3-4,6-10H,2,5,17H2,1H3,(H,19,20)/t10-/m0/s1. The Hall–Kier alpha value is -2.40. The molecule has 3 N–H and O–H groups in total. The third-order valence-corrected chi connectivity index (χ3v) is 3.48. The van der Waals surface area contributed by atoms with Crippen LogP contribution in [0.1, 0.15) is 30.5 Å². The Morgan fingerprint density at radius 1 is 1.29 bits per heavy atom. The highest BCUT2D eigenvalue weighted by molar-refractivity contribution is 5.94. The normalized spacial score (nSPS) is 15.0. The summed E-state index contributed by atoms with van der Waals surface area (Å²) in [5, 5.41) is 2.85. The second-order valence-corrected chi connectivity index (χ2v) is 5.19. The van der Waals surface area contributed by atoms with Gasteiger partial charge in [0.05, 0.1) is 0 Å². The number of pyridine rings is 1. The van der Waals surface area contributed by atoms with E-state index in [1.807, 2.05) is 37.3 Å². The molecule has 2 heterocycles. The molecule has 1 aromatic carbocycles. The van der Waals surface area contributed by atoms with Gasteiger partial charge in [0.15, 0.2) is 0 Å². The summed E-state index contributed by atoms with van der Waals surface area (Å²) in [5.41, 5.74) is 8.77. The molecule has 1 aliphatic rings. The number of carbonyl (C=O) groups is 1. The van der Waals surface area contributed by atoms with Crippen molar-refractivity contribution in [2.75, 3.05) is 5.32 Å². The highest BCUT2D eigenvalue weighted by atomic mass is 16.5. The van der Waals surface area contributed by atoms with Crippen LogP contribution < -0.4 is 15.8 Å². The minimum absolute atomic E-state index is 0.0578. The summed E-state index contributed by atoms with van der Waals surface area (Å²) >= 11 is 0. The Balaban J connectivity index is 1.82. The van der Waals surface area contributed by atoms with E-state index in [9.17, 15) is 4.79 Å². The maximum Gasteiger partial charge on any atom is 0.224 e. The molecule has 3 rings (SSSR count). The third-order valence-electron chi connectivity index (χ3n) is 3.48. The average Bonchev–Trinajstić information content (AvgIpc) is 2.48. The predicted molar refractivity (Wildman–Crippen MR) is 80.3 cm³/mol. The number of nitrogens with two attached hydrogens (primary N) is 1. The number of rotatable bonds is 3. The predicted octanol–water partition coefficient (Wildman–Crippen LogP) is 2.78. The number of hydrogen-bond acceptors (Lipinski definition) is 4. The van der Waals surface area contributed by atoms with Gasteiger partial charge in [-0.1, -0.05) is 0 Å². The zero-order valence-corrected chi connectivity index (χ0v) is 11.8. The van der Waals surface area contributed by atoms with Crippen molar-refractivity contribution in [3.05, 3.63) is 47.7 Å². The van der Waals surface area contributed by atoms with Crippen molar-refractivity contribution in [1.82, 2.24) is 4.98 Å². The number of fused-ring (bicyclic) bond motifs is 1. The van der Waals surface area contributed by atoms with E-state index in [2.05, 4.69) is 10.3 Å². The van der Waals surface area contributed by atoms with E-state index in [0.717, 1.165) is 23.2 Å². The Morgan fingerprint density at radius 3 is 2.95 bits per heavy atom. The van der Waals surface area contributed by atoms with Crippen molar-refractivity contribution in [3.8, 4) is 11.6 Å². The van der Waals surface area contributed by atoms with Crippen LogP contribution in [-0.2, 0) is 11.2 Å². The minimum Gasteiger partial charge on any atom is -0.439 e. The molecule has 1 amide bonds. The van der Waals surface area contributed by atoms with Crippen molar-refractivity contribution in [2.24, 2.45) is 5.73 Å². The van der Waals surface area contributed by atoms with Gasteiger partial charge in [-0.15, -0.1) is 0 Å². The summed E-state index contributed by atoms with van der Waals surface area (Å²) in [6.07, 6.45) is 2.92. The number of nitrogens with zero attached hydrogens (tertiary/aromatic N) is 1. The molecule has 1 atom stereocenters. The highest BCUT2D eigenvalue weighted by Gasteiger charge is 2.15. The maximum absolute atomic E-state index is 11.3. The summed E-state index contributed by atoms with van der Waals surface area (Å²) in [7, 11) is 0. The van der Waals surface area contributed by atoms with E-state index in [1.54, 1.807) is 6.20 Å². The van der Waals surface area contributed by atoms with Gasteiger partial charge in [-0.3, -0.25) is 4.79 Å². The van der Waals surface area contributed by atoms with E-state index >= 15 is 0 Å². The first-order valence-corrected chi connectivity index (χ1v) is 6.94. The number of aromatic nitrogens is 1. The number of nitrogens with one attached hydrogen (secondary N) is 1. The molecule has 0 spiro atoms. The van der Waals surface area contributed by atoms with Gasteiger partial charge < -0.3 is 15.8 Å². The first kappa shape index (κ1) is 13.6. The van der Waals surface area contributed by atoms with Crippen LogP contribution >= 0.6 is 0 Å². The van der Waals surface area contributed by atoms with Crippen molar-refractivity contribution >= 4 is 11.6 Å². The molecular formula is C16H17N3O2. The van der Waals surface area contributed by atoms with Crippen LogP contribution in [0.3, 0.4) is 0 Å².